The SMILES string of the molecule is NC(=O)CC(N)c1cc(Cl)ccc1O. The molecule has 1 amide bonds. The van der Waals surface area contributed by atoms with Crippen LogP contribution in [0, 0.1) is 0 Å². The fraction of sp³-hybridized carbons (Fsp3) is 0.222. The molecule has 5 N–H and O–H groups in total. The van der Waals surface area contributed by atoms with Crippen LogP contribution in [-0.2, 0) is 4.79 Å². The van der Waals surface area contributed by atoms with E-state index < -0.39 is 11.9 Å². The molecule has 5 heteroatoms. The third kappa shape index (κ3) is 2.61. The molecule has 1 aromatic rings. The van der Waals surface area contributed by atoms with Gasteiger partial charge in [-0.05, 0) is 18.2 Å². The number of halogens is 1. The van der Waals surface area contributed by atoms with Gasteiger partial charge in [0.1, 0.15) is 5.75 Å². The summed E-state index contributed by atoms with van der Waals surface area (Å²) >= 11 is 5.71. The summed E-state index contributed by atoms with van der Waals surface area (Å²) in [6.45, 7) is 0. The quantitative estimate of drug-likeness (QED) is 0.699. The van der Waals surface area contributed by atoms with Crippen LogP contribution in [0.5, 0.6) is 5.75 Å². The average Bonchev–Trinajstić information content (AvgIpc) is 2.08. The number of aromatic hydroxyl groups is 1. The van der Waals surface area contributed by atoms with Gasteiger partial charge in [0, 0.05) is 23.0 Å². The molecule has 1 aromatic carbocycles. The molecule has 0 bridgehead atoms. The first-order chi connectivity index (χ1) is 6.50. The number of carbonyl (C=O) groups excluding carboxylic acids is 1. The Labute approximate surface area is 86.5 Å². The first-order valence-electron chi connectivity index (χ1n) is 4.03. The zero-order valence-corrected chi connectivity index (χ0v) is 8.16. The molecule has 0 saturated heterocycles. The number of phenolic OH excluding ortho intramolecular Hbond substituents is 1. The smallest absolute Gasteiger partial charge is 0.219 e. The maximum absolute atomic E-state index is 10.6. The first kappa shape index (κ1) is 10.8. The van der Waals surface area contributed by atoms with Crippen LogP contribution in [0.3, 0.4) is 0 Å². The lowest BCUT2D eigenvalue weighted by atomic mass is 10.0. The van der Waals surface area contributed by atoms with E-state index in [-0.39, 0.29) is 12.2 Å². The number of nitrogens with two attached hydrogens (primary N) is 2. The molecule has 1 rings (SSSR count). The van der Waals surface area contributed by atoms with Crippen molar-refractivity contribution >= 4 is 17.5 Å². The Bertz CT molecular complexity index is 355. The molecule has 0 aliphatic carbocycles. The van der Waals surface area contributed by atoms with Crippen molar-refractivity contribution < 1.29 is 9.90 Å². The number of carbonyl (C=O) groups is 1. The molecule has 1 atom stereocenters. The molecule has 0 spiro atoms. The van der Waals surface area contributed by atoms with Gasteiger partial charge in [-0.2, -0.15) is 0 Å². The van der Waals surface area contributed by atoms with Crippen molar-refractivity contribution in [1.82, 2.24) is 0 Å². The molecular weight excluding hydrogens is 204 g/mol. The van der Waals surface area contributed by atoms with Gasteiger partial charge in [-0.25, -0.2) is 0 Å². The minimum absolute atomic E-state index is 0.0168. The fourth-order valence-corrected chi connectivity index (χ4v) is 1.33. The predicted molar refractivity (Wildman–Crippen MR) is 53.9 cm³/mol. The second-order valence-corrected chi connectivity index (χ2v) is 3.42. The lowest BCUT2D eigenvalue weighted by Crippen LogP contribution is -2.20. The molecule has 1 unspecified atom stereocenters. The van der Waals surface area contributed by atoms with Gasteiger partial charge in [0.15, 0.2) is 0 Å². The number of amides is 1. The second-order valence-electron chi connectivity index (χ2n) is 2.98. The largest absolute Gasteiger partial charge is 0.508 e. The van der Waals surface area contributed by atoms with E-state index in [9.17, 15) is 9.90 Å². The van der Waals surface area contributed by atoms with Crippen LogP contribution in [0.2, 0.25) is 5.02 Å². The van der Waals surface area contributed by atoms with Gasteiger partial charge in [-0.15, -0.1) is 0 Å². The average molecular weight is 215 g/mol. The Morgan fingerprint density at radius 2 is 2.21 bits per heavy atom. The van der Waals surface area contributed by atoms with E-state index in [4.69, 9.17) is 23.1 Å². The predicted octanol–water partition coefficient (Wildman–Crippen LogP) is 0.921. The molecule has 0 fully saturated rings. The van der Waals surface area contributed by atoms with E-state index in [0.29, 0.717) is 10.6 Å². The third-order valence-corrected chi connectivity index (χ3v) is 2.05. The lowest BCUT2D eigenvalue weighted by Gasteiger charge is -2.11. The van der Waals surface area contributed by atoms with Crippen molar-refractivity contribution in [1.29, 1.82) is 0 Å². The van der Waals surface area contributed by atoms with Crippen LogP contribution >= 0.6 is 11.6 Å². The molecular formula is C9H11ClN2O2. The van der Waals surface area contributed by atoms with Crippen molar-refractivity contribution in [2.24, 2.45) is 11.5 Å². The standard InChI is InChI=1S/C9H11ClN2O2/c10-5-1-2-8(13)6(3-5)7(11)4-9(12)14/h1-3,7,13H,4,11H2,(H2,12,14). The Hall–Kier alpha value is -1.26. The third-order valence-electron chi connectivity index (χ3n) is 1.81. The van der Waals surface area contributed by atoms with Crippen molar-refractivity contribution in [2.45, 2.75) is 12.5 Å². The number of hydrogen-bond acceptors (Lipinski definition) is 3. The summed E-state index contributed by atoms with van der Waals surface area (Å²) in [5.74, 6) is -0.500. The van der Waals surface area contributed by atoms with Crippen LogP contribution in [0.1, 0.15) is 18.0 Å². The molecule has 0 aliphatic rings. The second kappa shape index (κ2) is 4.30. The van der Waals surface area contributed by atoms with Crippen molar-refractivity contribution in [3.05, 3.63) is 28.8 Å². The summed E-state index contributed by atoms with van der Waals surface area (Å²) in [4.78, 5) is 10.6. The minimum Gasteiger partial charge on any atom is -0.508 e. The van der Waals surface area contributed by atoms with Crippen molar-refractivity contribution in [3.63, 3.8) is 0 Å². The zero-order chi connectivity index (χ0) is 10.7. The highest BCUT2D eigenvalue weighted by Gasteiger charge is 2.13. The number of rotatable bonds is 3. The van der Waals surface area contributed by atoms with E-state index in [0.717, 1.165) is 0 Å². The molecule has 0 saturated carbocycles. The minimum atomic E-state index is -0.619. The van der Waals surface area contributed by atoms with Gasteiger partial charge < -0.3 is 16.6 Å². The molecule has 0 aromatic heterocycles. The molecule has 0 heterocycles. The molecule has 0 radical (unpaired) electrons. The van der Waals surface area contributed by atoms with Gasteiger partial charge in [0.25, 0.3) is 0 Å². The van der Waals surface area contributed by atoms with Crippen LogP contribution in [0.4, 0.5) is 0 Å². The molecule has 76 valence electrons. The molecule has 14 heavy (non-hydrogen) atoms. The van der Waals surface area contributed by atoms with Crippen molar-refractivity contribution in [2.75, 3.05) is 0 Å². The van der Waals surface area contributed by atoms with E-state index in [1.165, 1.54) is 18.2 Å². The zero-order valence-electron chi connectivity index (χ0n) is 7.40. The summed E-state index contributed by atoms with van der Waals surface area (Å²) < 4.78 is 0. The lowest BCUT2D eigenvalue weighted by molar-refractivity contribution is -0.118. The maximum atomic E-state index is 10.6. The molecule has 0 aliphatic heterocycles. The van der Waals surface area contributed by atoms with E-state index in [1.54, 1.807) is 0 Å². The van der Waals surface area contributed by atoms with Gasteiger partial charge in [0.05, 0.1) is 0 Å². The van der Waals surface area contributed by atoms with Crippen LogP contribution in [0.25, 0.3) is 0 Å². The maximum Gasteiger partial charge on any atom is 0.219 e. The highest BCUT2D eigenvalue weighted by molar-refractivity contribution is 6.30. The summed E-state index contributed by atoms with van der Waals surface area (Å²) in [7, 11) is 0. The number of benzene rings is 1. The summed E-state index contributed by atoms with van der Waals surface area (Å²) in [5, 5.41) is 9.88. The number of hydrogen-bond donors (Lipinski definition) is 3. The monoisotopic (exact) mass is 214 g/mol. The van der Waals surface area contributed by atoms with Gasteiger partial charge in [-0.3, -0.25) is 4.79 Å². The van der Waals surface area contributed by atoms with Gasteiger partial charge in [-0.1, -0.05) is 11.6 Å². The van der Waals surface area contributed by atoms with E-state index >= 15 is 0 Å². The highest BCUT2D eigenvalue weighted by Crippen LogP contribution is 2.27. The van der Waals surface area contributed by atoms with Gasteiger partial charge >= 0.3 is 0 Å². The first-order valence-corrected chi connectivity index (χ1v) is 4.41. The van der Waals surface area contributed by atoms with Crippen molar-refractivity contribution in [3.8, 4) is 5.75 Å². The summed E-state index contributed by atoms with van der Waals surface area (Å²) in [5.41, 5.74) is 11.1. The van der Waals surface area contributed by atoms with Gasteiger partial charge in [0.2, 0.25) is 5.91 Å². The Balaban J connectivity index is 2.93. The van der Waals surface area contributed by atoms with Crippen LogP contribution < -0.4 is 11.5 Å². The number of phenols is 1. The normalized spacial score (nSPS) is 12.4. The molecule has 4 nitrogen and oxygen atoms in total. The van der Waals surface area contributed by atoms with E-state index in [1.807, 2.05) is 0 Å². The summed E-state index contributed by atoms with van der Waals surface area (Å²) in [6, 6.07) is 3.87. The highest BCUT2D eigenvalue weighted by atomic mass is 35.5. The fourth-order valence-electron chi connectivity index (χ4n) is 1.15. The number of primary amides is 1. The van der Waals surface area contributed by atoms with Crippen LogP contribution in [0.15, 0.2) is 18.2 Å². The van der Waals surface area contributed by atoms with Crippen LogP contribution in [-0.4, -0.2) is 11.0 Å². The Kier molecular flexibility index (Phi) is 3.33. The Morgan fingerprint density at radius 3 is 2.79 bits per heavy atom. The topological polar surface area (TPSA) is 89.3 Å². The Morgan fingerprint density at radius 1 is 1.57 bits per heavy atom. The summed E-state index contributed by atoms with van der Waals surface area (Å²) in [6.07, 6.45) is -0.0199. The van der Waals surface area contributed by atoms with E-state index in [2.05, 4.69) is 0 Å².